The Kier molecular flexibility index (Phi) is 6.98. The Hall–Kier alpha value is -2.39. The number of benzene rings is 2. The van der Waals surface area contributed by atoms with E-state index in [1.807, 2.05) is 30.3 Å². The van der Waals surface area contributed by atoms with Crippen LogP contribution in [0.3, 0.4) is 0 Å². The molecule has 0 saturated heterocycles. The van der Waals surface area contributed by atoms with Crippen molar-refractivity contribution >= 4 is 15.9 Å². The number of sulfonamides is 1. The number of carbonyl (C=O) groups is 1. The minimum Gasteiger partial charge on any atom is -0.352 e. The van der Waals surface area contributed by atoms with E-state index in [9.17, 15) is 26.4 Å². The number of amides is 1. The van der Waals surface area contributed by atoms with Crippen LogP contribution in [0.2, 0.25) is 0 Å². The molecule has 0 atom stereocenters. The third kappa shape index (κ3) is 6.69. The largest absolute Gasteiger partial charge is 0.416 e. The Morgan fingerprint density at radius 3 is 2.37 bits per heavy atom. The first-order valence-electron chi connectivity index (χ1n) is 8.16. The van der Waals surface area contributed by atoms with Crippen LogP contribution in [-0.2, 0) is 27.5 Å². The maximum Gasteiger partial charge on any atom is 0.416 e. The van der Waals surface area contributed by atoms with E-state index in [1.54, 1.807) is 0 Å². The van der Waals surface area contributed by atoms with Crippen LogP contribution in [0, 0.1) is 0 Å². The van der Waals surface area contributed by atoms with E-state index in [1.165, 1.54) is 0 Å². The smallest absolute Gasteiger partial charge is 0.352 e. The van der Waals surface area contributed by atoms with Crippen molar-refractivity contribution in [2.24, 2.45) is 0 Å². The van der Waals surface area contributed by atoms with Crippen LogP contribution in [0.1, 0.15) is 24.0 Å². The van der Waals surface area contributed by atoms with Gasteiger partial charge in [0.15, 0.2) is 0 Å². The molecule has 0 spiro atoms. The molecular weight excluding hydrogens is 381 g/mol. The van der Waals surface area contributed by atoms with Gasteiger partial charge in [0.25, 0.3) is 0 Å². The zero-order valence-electron chi connectivity index (χ0n) is 14.3. The number of hydrogen-bond donors (Lipinski definition) is 2. The second-order valence-corrected chi connectivity index (χ2v) is 7.56. The van der Waals surface area contributed by atoms with Gasteiger partial charge in [-0.2, -0.15) is 13.2 Å². The first-order valence-corrected chi connectivity index (χ1v) is 9.64. The summed E-state index contributed by atoms with van der Waals surface area (Å²) in [6.07, 6.45) is -4.31. The minimum absolute atomic E-state index is 0.0582. The van der Waals surface area contributed by atoms with Gasteiger partial charge in [-0.15, -0.1) is 0 Å². The lowest BCUT2D eigenvalue weighted by Gasteiger charge is -2.10. The topological polar surface area (TPSA) is 75.3 Å². The van der Waals surface area contributed by atoms with Gasteiger partial charge in [-0.1, -0.05) is 36.4 Å². The van der Waals surface area contributed by atoms with Crippen molar-refractivity contribution in [1.82, 2.24) is 10.0 Å². The second-order valence-electron chi connectivity index (χ2n) is 5.79. The molecule has 2 rings (SSSR count). The van der Waals surface area contributed by atoms with Crippen molar-refractivity contribution in [2.45, 2.75) is 30.5 Å². The van der Waals surface area contributed by atoms with E-state index >= 15 is 0 Å². The summed E-state index contributed by atoms with van der Waals surface area (Å²) in [6.45, 7) is 0.312. The molecular formula is C18H19F3N2O3S. The SMILES string of the molecule is O=C(CCCNS(=O)(=O)c1cccc(C(F)(F)F)c1)NCc1ccccc1. The van der Waals surface area contributed by atoms with E-state index in [2.05, 4.69) is 10.0 Å². The van der Waals surface area contributed by atoms with Crippen LogP contribution < -0.4 is 10.0 Å². The molecule has 2 aromatic carbocycles. The van der Waals surface area contributed by atoms with E-state index in [0.29, 0.717) is 12.6 Å². The second kappa shape index (κ2) is 9.01. The van der Waals surface area contributed by atoms with E-state index < -0.39 is 26.7 Å². The summed E-state index contributed by atoms with van der Waals surface area (Å²) in [7, 11) is -4.08. The van der Waals surface area contributed by atoms with Gasteiger partial charge in [-0.25, -0.2) is 13.1 Å². The first kappa shape index (κ1) is 20.9. The fraction of sp³-hybridized carbons (Fsp3) is 0.278. The Balaban J connectivity index is 1.79. The predicted octanol–water partition coefficient (Wildman–Crippen LogP) is 3.08. The number of halogens is 3. The van der Waals surface area contributed by atoms with Crippen molar-refractivity contribution < 1.29 is 26.4 Å². The molecule has 2 aromatic rings. The van der Waals surface area contributed by atoms with Crippen molar-refractivity contribution in [3.8, 4) is 0 Å². The molecule has 0 unspecified atom stereocenters. The van der Waals surface area contributed by atoms with Crippen LogP contribution in [-0.4, -0.2) is 20.9 Å². The Bertz CT molecular complexity index is 869. The monoisotopic (exact) mass is 400 g/mol. The van der Waals surface area contributed by atoms with Gasteiger partial charge in [0, 0.05) is 19.5 Å². The van der Waals surface area contributed by atoms with Crippen molar-refractivity contribution in [2.75, 3.05) is 6.54 Å². The summed E-state index contributed by atoms with van der Waals surface area (Å²) in [4.78, 5) is 11.3. The van der Waals surface area contributed by atoms with Gasteiger partial charge in [0.05, 0.1) is 10.5 Å². The van der Waals surface area contributed by atoms with Gasteiger partial charge in [0.1, 0.15) is 0 Å². The molecule has 27 heavy (non-hydrogen) atoms. The third-order valence-corrected chi connectivity index (χ3v) is 5.14. The fourth-order valence-corrected chi connectivity index (χ4v) is 3.38. The number of alkyl halides is 3. The van der Waals surface area contributed by atoms with Crippen LogP contribution >= 0.6 is 0 Å². The summed E-state index contributed by atoms with van der Waals surface area (Å²) >= 11 is 0. The van der Waals surface area contributed by atoms with Crippen molar-refractivity contribution in [1.29, 1.82) is 0 Å². The standard InChI is InChI=1S/C18H19F3N2O3S/c19-18(20,21)15-8-4-9-16(12-15)27(25,26)23-11-5-10-17(24)22-13-14-6-2-1-3-7-14/h1-4,6-9,12,23H,5,10-11,13H2,(H,22,24). The molecule has 0 radical (unpaired) electrons. The lowest BCUT2D eigenvalue weighted by atomic mass is 10.2. The minimum atomic E-state index is -4.62. The van der Waals surface area contributed by atoms with Gasteiger partial charge >= 0.3 is 6.18 Å². The lowest BCUT2D eigenvalue weighted by Crippen LogP contribution is -2.27. The average Bonchev–Trinajstić information content (AvgIpc) is 2.64. The number of hydrogen-bond acceptors (Lipinski definition) is 3. The third-order valence-electron chi connectivity index (χ3n) is 3.68. The molecule has 5 nitrogen and oxygen atoms in total. The quantitative estimate of drug-likeness (QED) is 0.669. The normalized spacial score (nSPS) is 12.0. The zero-order valence-corrected chi connectivity index (χ0v) is 15.1. The van der Waals surface area contributed by atoms with Crippen molar-refractivity contribution in [3.63, 3.8) is 0 Å². The molecule has 1 amide bonds. The van der Waals surface area contributed by atoms with Gasteiger partial charge in [0.2, 0.25) is 15.9 Å². The molecule has 0 bridgehead atoms. The summed E-state index contributed by atoms with van der Waals surface area (Å²) in [5.41, 5.74) is -0.0956. The molecule has 0 aromatic heterocycles. The van der Waals surface area contributed by atoms with Gasteiger partial charge in [-0.3, -0.25) is 4.79 Å². The van der Waals surface area contributed by atoms with E-state index in [-0.39, 0.29) is 25.3 Å². The molecule has 0 saturated carbocycles. The molecule has 0 aliphatic carbocycles. The van der Waals surface area contributed by atoms with E-state index in [0.717, 1.165) is 23.8 Å². The lowest BCUT2D eigenvalue weighted by molar-refractivity contribution is -0.137. The Labute approximate surface area is 155 Å². The number of carbonyl (C=O) groups excluding carboxylic acids is 1. The maximum absolute atomic E-state index is 12.7. The molecule has 146 valence electrons. The van der Waals surface area contributed by atoms with Crippen LogP contribution in [0.15, 0.2) is 59.5 Å². The first-order chi connectivity index (χ1) is 12.7. The van der Waals surface area contributed by atoms with Crippen LogP contribution in [0.5, 0.6) is 0 Å². The molecule has 0 heterocycles. The molecule has 0 aliphatic heterocycles. The Morgan fingerprint density at radius 1 is 1.00 bits per heavy atom. The van der Waals surface area contributed by atoms with Crippen LogP contribution in [0.25, 0.3) is 0 Å². The van der Waals surface area contributed by atoms with E-state index in [4.69, 9.17) is 0 Å². The Morgan fingerprint density at radius 2 is 1.70 bits per heavy atom. The van der Waals surface area contributed by atoms with Gasteiger partial charge in [-0.05, 0) is 30.2 Å². The highest BCUT2D eigenvalue weighted by molar-refractivity contribution is 7.89. The number of nitrogens with one attached hydrogen (secondary N) is 2. The highest BCUT2D eigenvalue weighted by Crippen LogP contribution is 2.30. The maximum atomic E-state index is 12.7. The molecule has 9 heteroatoms. The molecule has 0 aliphatic rings. The highest BCUT2D eigenvalue weighted by atomic mass is 32.2. The average molecular weight is 400 g/mol. The summed E-state index contributed by atoms with van der Waals surface area (Å²) in [6, 6.07) is 12.8. The molecule has 2 N–H and O–H groups in total. The summed E-state index contributed by atoms with van der Waals surface area (Å²) in [5.74, 6) is -0.239. The number of rotatable bonds is 8. The highest BCUT2D eigenvalue weighted by Gasteiger charge is 2.31. The summed E-state index contributed by atoms with van der Waals surface area (Å²) in [5, 5.41) is 2.71. The predicted molar refractivity (Wildman–Crippen MR) is 94.2 cm³/mol. The van der Waals surface area contributed by atoms with Crippen molar-refractivity contribution in [3.05, 3.63) is 65.7 Å². The summed E-state index contributed by atoms with van der Waals surface area (Å²) < 4.78 is 64.4. The van der Waals surface area contributed by atoms with Crippen LogP contribution in [0.4, 0.5) is 13.2 Å². The zero-order chi connectivity index (χ0) is 19.9. The molecule has 0 fully saturated rings. The van der Waals surface area contributed by atoms with Gasteiger partial charge < -0.3 is 5.32 Å². The fourth-order valence-electron chi connectivity index (χ4n) is 2.26.